The minimum absolute atomic E-state index is 0.694. The van der Waals surface area contributed by atoms with E-state index in [0.717, 1.165) is 22.5 Å². The van der Waals surface area contributed by atoms with Crippen LogP contribution in [0.15, 0.2) is 77.3 Å². The fourth-order valence-electron chi connectivity index (χ4n) is 2.92. The van der Waals surface area contributed by atoms with Gasteiger partial charge in [0.25, 0.3) is 0 Å². The summed E-state index contributed by atoms with van der Waals surface area (Å²) < 4.78 is 6.30. The maximum Gasteiger partial charge on any atom is 0.174 e. The van der Waals surface area contributed by atoms with E-state index in [-0.39, 0.29) is 0 Å². The fraction of sp³-hybridized carbons (Fsp3) is 0.174. The number of nitrogens with zero attached hydrogens (tertiary/aromatic N) is 1. The van der Waals surface area contributed by atoms with Crippen molar-refractivity contribution in [3.63, 3.8) is 0 Å². The van der Waals surface area contributed by atoms with Crippen molar-refractivity contribution in [3.8, 4) is 5.75 Å². The molecule has 1 N–H and O–H groups in total. The van der Waals surface area contributed by atoms with Crippen LogP contribution >= 0.6 is 28.1 Å². The summed E-state index contributed by atoms with van der Waals surface area (Å²) in [4.78, 5) is 2.17. The highest BCUT2D eigenvalue weighted by Gasteiger charge is 2.12. The third kappa shape index (κ3) is 5.81. The van der Waals surface area contributed by atoms with Crippen molar-refractivity contribution in [3.05, 3.63) is 94.0 Å². The molecule has 0 spiro atoms. The van der Waals surface area contributed by atoms with Crippen molar-refractivity contribution in [2.75, 3.05) is 12.4 Å². The van der Waals surface area contributed by atoms with Crippen molar-refractivity contribution in [2.45, 2.75) is 20.0 Å². The number of hydrogen-bond acceptors (Lipinski definition) is 2. The zero-order valence-corrected chi connectivity index (χ0v) is 18.4. The average Bonchev–Trinajstić information content (AvgIpc) is 2.70. The van der Waals surface area contributed by atoms with Crippen LogP contribution in [0, 0.1) is 6.92 Å². The Bertz CT molecular complexity index is 926. The molecule has 5 heteroatoms. The topological polar surface area (TPSA) is 24.5 Å². The second-order valence-corrected chi connectivity index (χ2v) is 7.93. The van der Waals surface area contributed by atoms with E-state index in [1.54, 1.807) is 7.11 Å². The largest absolute Gasteiger partial charge is 0.497 e. The first kappa shape index (κ1) is 20.4. The van der Waals surface area contributed by atoms with E-state index in [1.165, 1.54) is 16.7 Å². The summed E-state index contributed by atoms with van der Waals surface area (Å²) in [6.45, 7) is 3.55. The van der Waals surface area contributed by atoms with Gasteiger partial charge < -0.3 is 15.0 Å². The van der Waals surface area contributed by atoms with E-state index in [1.807, 2.05) is 36.4 Å². The quantitative estimate of drug-likeness (QED) is 0.450. The van der Waals surface area contributed by atoms with E-state index < -0.39 is 0 Å². The summed E-state index contributed by atoms with van der Waals surface area (Å²) in [5.41, 5.74) is 4.62. The first-order valence-electron chi connectivity index (χ1n) is 9.03. The highest BCUT2D eigenvalue weighted by molar-refractivity contribution is 9.10. The van der Waals surface area contributed by atoms with E-state index in [0.29, 0.717) is 11.7 Å². The molecule has 0 bridgehead atoms. The Morgan fingerprint density at radius 2 is 1.64 bits per heavy atom. The highest BCUT2D eigenvalue weighted by atomic mass is 79.9. The third-order valence-corrected chi connectivity index (χ3v) is 5.26. The number of aryl methyl sites for hydroxylation is 1. The Balaban J connectivity index is 1.79. The van der Waals surface area contributed by atoms with Gasteiger partial charge in [0.2, 0.25) is 0 Å². The molecule has 0 aliphatic heterocycles. The van der Waals surface area contributed by atoms with Gasteiger partial charge in [-0.05, 0) is 66.7 Å². The van der Waals surface area contributed by atoms with E-state index >= 15 is 0 Å². The van der Waals surface area contributed by atoms with Crippen molar-refractivity contribution in [2.24, 2.45) is 0 Å². The summed E-state index contributed by atoms with van der Waals surface area (Å²) in [6, 6.07) is 24.6. The summed E-state index contributed by atoms with van der Waals surface area (Å²) in [5, 5.41) is 4.05. The average molecular weight is 455 g/mol. The SMILES string of the molecule is COc1ccc(CN(Cc2cccc(C)c2)C(=S)Nc2ccc(Br)cc2)cc1. The molecule has 0 saturated heterocycles. The Kier molecular flexibility index (Phi) is 7.06. The molecule has 0 aromatic heterocycles. The lowest BCUT2D eigenvalue weighted by Gasteiger charge is -2.26. The summed E-state index contributed by atoms with van der Waals surface area (Å²) >= 11 is 9.21. The molecule has 0 atom stereocenters. The maximum atomic E-state index is 5.75. The van der Waals surface area contributed by atoms with Crippen molar-refractivity contribution in [1.82, 2.24) is 4.90 Å². The number of anilines is 1. The highest BCUT2D eigenvalue weighted by Crippen LogP contribution is 2.18. The molecule has 0 radical (unpaired) electrons. The minimum atomic E-state index is 0.694. The van der Waals surface area contributed by atoms with Crippen LogP contribution in [0.1, 0.15) is 16.7 Å². The van der Waals surface area contributed by atoms with E-state index in [9.17, 15) is 0 Å². The number of nitrogens with one attached hydrogen (secondary N) is 1. The van der Waals surface area contributed by atoms with Crippen LogP contribution in [0.3, 0.4) is 0 Å². The number of thiocarbonyl (C=S) groups is 1. The molecule has 0 fully saturated rings. The molecule has 144 valence electrons. The number of rotatable bonds is 6. The van der Waals surface area contributed by atoms with Crippen LogP contribution in [0.25, 0.3) is 0 Å². The minimum Gasteiger partial charge on any atom is -0.497 e. The number of ether oxygens (including phenoxy) is 1. The van der Waals surface area contributed by atoms with Crippen molar-refractivity contribution >= 4 is 38.9 Å². The van der Waals surface area contributed by atoms with Crippen LogP contribution in [0.2, 0.25) is 0 Å². The predicted molar refractivity (Wildman–Crippen MR) is 124 cm³/mol. The standard InChI is InChI=1S/C23H23BrN2OS/c1-17-4-3-5-19(14-17)16-26(15-18-6-12-22(27-2)13-7-18)23(28)25-21-10-8-20(24)9-11-21/h3-14H,15-16H2,1-2H3,(H,25,28). The molecular weight excluding hydrogens is 432 g/mol. The van der Waals surface area contributed by atoms with Crippen LogP contribution in [-0.4, -0.2) is 17.1 Å². The summed E-state index contributed by atoms with van der Waals surface area (Å²) in [7, 11) is 1.68. The molecule has 3 nitrogen and oxygen atoms in total. The molecule has 0 amide bonds. The summed E-state index contributed by atoms with van der Waals surface area (Å²) in [6.07, 6.45) is 0. The van der Waals surface area contributed by atoms with E-state index in [2.05, 4.69) is 69.5 Å². The lowest BCUT2D eigenvalue weighted by atomic mass is 10.1. The van der Waals surface area contributed by atoms with Crippen LogP contribution in [-0.2, 0) is 13.1 Å². The number of halogens is 1. The smallest absolute Gasteiger partial charge is 0.174 e. The van der Waals surface area contributed by atoms with Crippen molar-refractivity contribution in [1.29, 1.82) is 0 Å². The molecule has 3 aromatic rings. The van der Waals surface area contributed by atoms with Crippen LogP contribution in [0.4, 0.5) is 5.69 Å². The number of hydrogen-bond donors (Lipinski definition) is 1. The van der Waals surface area contributed by atoms with Gasteiger partial charge in [0.05, 0.1) is 7.11 Å². The molecule has 0 saturated carbocycles. The van der Waals surface area contributed by atoms with Gasteiger partial charge in [-0.15, -0.1) is 0 Å². The molecule has 28 heavy (non-hydrogen) atoms. The van der Waals surface area contributed by atoms with Gasteiger partial charge in [-0.3, -0.25) is 0 Å². The number of methoxy groups -OCH3 is 1. The zero-order valence-electron chi connectivity index (χ0n) is 16.0. The van der Waals surface area contributed by atoms with Gasteiger partial charge in [0, 0.05) is 23.2 Å². The van der Waals surface area contributed by atoms with Gasteiger partial charge in [0.1, 0.15) is 5.75 Å². The second kappa shape index (κ2) is 9.71. The second-order valence-electron chi connectivity index (χ2n) is 6.63. The van der Waals surface area contributed by atoms with Gasteiger partial charge >= 0.3 is 0 Å². The molecule has 3 rings (SSSR count). The third-order valence-electron chi connectivity index (χ3n) is 4.37. The zero-order chi connectivity index (χ0) is 19.9. The molecular formula is C23H23BrN2OS. The maximum absolute atomic E-state index is 5.75. The van der Waals surface area contributed by atoms with Crippen LogP contribution in [0.5, 0.6) is 5.75 Å². The Labute approximate surface area is 180 Å². The first-order chi connectivity index (χ1) is 13.5. The molecule has 0 heterocycles. The monoisotopic (exact) mass is 454 g/mol. The number of benzene rings is 3. The van der Waals surface area contributed by atoms with Gasteiger partial charge in [-0.1, -0.05) is 57.9 Å². The van der Waals surface area contributed by atoms with Crippen LogP contribution < -0.4 is 10.1 Å². The molecule has 0 unspecified atom stereocenters. The van der Waals surface area contributed by atoms with Gasteiger partial charge in [-0.2, -0.15) is 0 Å². The Morgan fingerprint density at radius 3 is 2.29 bits per heavy atom. The normalized spacial score (nSPS) is 10.4. The summed E-state index contributed by atoms with van der Waals surface area (Å²) in [5.74, 6) is 0.851. The Morgan fingerprint density at radius 1 is 0.964 bits per heavy atom. The molecule has 0 aliphatic carbocycles. The fourth-order valence-corrected chi connectivity index (χ4v) is 3.43. The first-order valence-corrected chi connectivity index (χ1v) is 10.2. The lowest BCUT2D eigenvalue weighted by molar-refractivity contribution is 0.407. The van der Waals surface area contributed by atoms with Crippen molar-refractivity contribution < 1.29 is 4.74 Å². The Hall–Kier alpha value is -2.37. The van der Waals surface area contributed by atoms with Gasteiger partial charge in [-0.25, -0.2) is 0 Å². The molecule has 0 aliphatic rings. The predicted octanol–water partition coefficient (Wildman–Crippen LogP) is 6.17. The van der Waals surface area contributed by atoms with Gasteiger partial charge in [0.15, 0.2) is 5.11 Å². The lowest BCUT2D eigenvalue weighted by Crippen LogP contribution is -2.33. The van der Waals surface area contributed by atoms with E-state index in [4.69, 9.17) is 17.0 Å². The molecule has 3 aromatic carbocycles.